The Morgan fingerprint density at radius 2 is 1.90 bits per heavy atom. The lowest BCUT2D eigenvalue weighted by molar-refractivity contribution is 0.0730. The predicted octanol–water partition coefficient (Wildman–Crippen LogP) is 1.28. The largest absolute Gasteiger partial charge is 0.467 e. The molecular formula is C18H18N4O6S. The predicted molar refractivity (Wildman–Crippen MR) is 99.2 cm³/mol. The Kier molecular flexibility index (Phi) is 5.43. The fourth-order valence-corrected chi connectivity index (χ4v) is 4.21. The van der Waals surface area contributed by atoms with Crippen molar-refractivity contribution in [2.45, 2.75) is 11.4 Å². The van der Waals surface area contributed by atoms with E-state index in [1.165, 1.54) is 22.7 Å². The van der Waals surface area contributed by atoms with E-state index in [9.17, 15) is 13.2 Å². The number of hydrogen-bond donors (Lipinski definition) is 1. The zero-order chi connectivity index (χ0) is 20.3. The average molecular weight is 418 g/mol. The summed E-state index contributed by atoms with van der Waals surface area (Å²) in [5, 5.41) is 6.39. The lowest BCUT2D eigenvalue weighted by Gasteiger charge is -2.26. The molecule has 1 fully saturated rings. The molecule has 0 unspecified atom stereocenters. The van der Waals surface area contributed by atoms with E-state index < -0.39 is 15.9 Å². The van der Waals surface area contributed by atoms with Crippen molar-refractivity contribution in [2.75, 3.05) is 26.3 Å². The van der Waals surface area contributed by atoms with Crippen molar-refractivity contribution < 1.29 is 26.9 Å². The number of nitrogens with zero attached hydrogens (tertiary/aromatic N) is 3. The van der Waals surface area contributed by atoms with Crippen molar-refractivity contribution in [3.8, 4) is 11.4 Å². The van der Waals surface area contributed by atoms with Crippen LogP contribution in [0.25, 0.3) is 11.4 Å². The maximum Gasteiger partial charge on any atom is 0.316 e. The molecule has 1 N–H and O–H groups in total. The van der Waals surface area contributed by atoms with E-state index in [-0.39, 0.29) is 23.2 Å². The number of ether oxygens (including phenoxy) is 1. The van der Waals surface area contributed by atoms with Crippen LogP contribution in [0.3, 0.4) is 0 Å². The molecule has 0 spiro atoms. The number of furan rings is 1. The summed E-state index contributed by atoms with van der Waals surface area (Å²) < 4.78 is 42.0. The van der Waals surface area contributed by atoms with E-state index >= 15 is 0 Å². The third-order valence-electron chi connectivity index (χ3n) is 4.34. The highest BCUT2D eigenvalue weighted by atomic mass is 32.2. The van der Waals surface area contributed by atoms with Gasteiger partial charge in [0.15, 0.2) is 0 Å². The molecule has 0 radical (unpaired) electrons. The lowest BCUT2D eigenvalue weighted by Crippen LogP contribution is -2.40. The Balaban J connectivity index is 1.45. The van der Waals surface area contributed by atoms with Gasteiger partial charge in [0.2, 0.25) is 15.8 Å². The summed E-state index contributed by atoms with van der Waals surface area (Å²) in [5.74, 6) is 0.0434. The van der Waals surface area contributed by atoms with E-state index in [1.54, 1.807) is 24.3 Å². The molecule has 3 aromatic rings. The number of sulfonamides is 1. The topological polar surface area (TPSA) is 128 Å². The minimum Gasteiger partial charge on any atom is -0.467 e. The summed E-state index contributed by atoms with van der Waals surface area (Å²) in [6.45, 7) is 1.60. The summed E-state index contributed by atoms with van der Waals surface area (Å²) in [4.78, 5) is 16.3. The second kappa shape index (κ2) is 8.15. The van der Waals surface area contributed by atoms with Crippen LogP contribution in [0.15, 0.2) is 56.5 Å². The summed E-state index contributed by atoms with van der Waals surface area (Å²) in [6, 6.07) is 9.55. The van der Waals surface area contributed by atoms with Gasteiger partial charge in [0.25, 0.3) is 0 Å². The Morgan fingerprint density at radius 1 is 1.14 bits per heavy atom. The molecule has 0 aliphatic carbocycles. The van der Waals surface area contributed by atoms with Crippen molar-refractivity contribution in [2.24, 2.45) is 0 Å². The van der Waals surface area contributed by atoms with Crippen LogP contribution in [0.1, 0.15) is 16.4 Å². The van der Waals surface area contributed by atoms with Crippen LogP contribution in [0.4, 0.5) is 0 Å². The van der Waals surface area contributed by atoms with Crippen LogP contribution in [-0.2, 0) is 21.3 Å². The van der Waals surface area contributed by atoms with E-state index in [0.717, 1.165) is 0 Å². The van der Waals surface area contributed by atoms with Crippen LogP contribution < -0.4 is 5.32 Å². The number of amides is 1. The van der Waals surface area contributed by atoms with E-state index in [0.29, 0.717) is 37.6 Å². The highest BCUT2D eigenvalue weighted by molar-refractivity contribution is 7.89. The van der Waals surface area contributed by atoms with Crippen molar-refractivity contribution in [1.82, 2.24) is 19.8 Å². The molecule has 1 saturated heterocycles. The van der Waals surface area contributed by atoms with E-state index in [2.05, 4.69) is 15.5 Å². The summed E-state index contributed by atoms with van der Waals surface area (Å²) in [7, 11) is -3.58. The van der Waals surface area contributed by atoms with Gasteiger partial charge in [-0.3, -0.25) is 4.79 Å². The SMILES string of the molecule is O=C(NCc1ccco1)c1nc(-c2ccc(S(=O)(=O)N3CCOCC3)cc2)no1. The summed E-state index contributed by atoms with van der Waals surface area (Å²) in [6.07, 6.45) is 1.51. The van der Waals surface area contributed by atoms with Gasteiger partial charge in [-0.15, -0.1) is 0 Å². The maximum absolute atomic E-state index is 12.7. The number of aromatic nitrogens is 2. The van der Waals surface area contributed by atoms with Gasteiger partial charge < -0.3 is 19.0 Å². The minimum absolute atomic E-state index is 0.169. The summed E-state index contributed by atoms with van der Waals surface area (Å²) >= 11 is 0. The Hall–Kier alpha value is -3.02. The van der Waals surface area contributed by atoms with Gasteiger partial charge in [0, 0.05) is 18.7 Å². The molecule has 0 saturated carbocycles. The molecule has 4 rings (SSSR count). The number of hydrogen-bond acceptors (Lipinski definition) is 8. The quantitative estimate of drug-likeness (QED) is 0.634. The molecule has 1 amide bonds. The standard InChI is InChI=1S/C18H18N4O6S/c23-17(19-12-14-2-1-9-27-14)18-20-16(21-28-18)13-3-5-15(6-4-13)29(24,25)22-7-10-26-11-8-22/h1-6,9H,7-8,10-12H2,(H,19,23). The molecule has 1 aliphatic heterocycles. The highest BCUT2D eigenvalue weighted by Crippen LogP contribution is 2.22. The highest BCUT2D eigenvalue weighted by Gasteiger charge is 2.26. The normalized spacial score (nSPS) is 15.3. The molecule has 1 aromatic carbocycles. The molecule has 0 atom stereocenters. The molecule has 1 aliphatic rings. The van der Waals surface area contributed by atoms with Crippen LogP contribution in [0.2, 0.25) is 0 Å². The third kappa shape index (κ3) is 4.21. The van der Waals surface area contributed by atoms with Crippen LogP contribution in [0.5, 0.6) is 0 Å². The van der Waals surface area contributed by atoms with E-state index in [1.807, 2.05) is 0 Å². The number of benzene rings is 1. The zero-order valence-electron chi connectivity index (χ0n) is 15.3. The first-order valence-corrected chi connectivity index (χ1v) is 10.3. The zero-order valence-corrected chi connectivity index (χ0v) is 16.1. The number of carbonyl (C=O) groups is 1. The van der Waals surface area contributed by atoms with Gasteiger partial charge >= 0.3 is 11.8 Å². The third-order valence-corrected chi connectivity index (χ3v) is 6.26. The first-order valence-electron chi connectivity index (χ1n) is 8.87. The molecule has 2 aromatic heterocycles. The maximum atomic E-state index is 12.7. The van der Waals surface area contributed by atoms with Crippen LogP contribution in [0, 0.1) is 0 Å². The molecule has 11 heteroatoms. The lowest BCUT2D eigenvalue weighted by atomic mass is 10.2. The number of carbonyl (C=O) groups excluding carboxylic acids is 1. The van der Waals surface area contributed by atoms with E-state index in [4.69, 9.17) is 13.7 Å². The molecule has 152 valence electrons. The van der Waals surface area contributed by atoms with Gasteiger partial charge in [-0.05, 0) is 36.4 Å². The van der Waals surface area contributed by atoms with Gasteiger partial charge in [-0.2, -0.15) is 9.29 Å². The molecule has 29 heavy (non-hydrogen) atoms. The van der Waals surface area contributed by atoms with Gasteiger partial charge in [-0.1, -0.05) is 5.16 Å². The first-order chi connectivity index (χ1) is 14.0. The van der Waals surface area contributed by atoms with Crippen molar-refractivity contribution in [3.05, 3.63) is 54.3 Å². The number of morpholine rings is 1. The molecule has 10 nitrogen and oxygen atoms in total. The Bertz CT molecular complexity index is 1070. The van der Waals surface area contributed by atoms with Crippen LogP contribution >= 0.6 is 0 Å². The van der Waals surface area contributed by atoms with Crippen LogP contribution in [-0.4, -0.2) is 55.1 Å². The first kappa shape index (κ1) is 19.3. The van der Waals surface area contributed by atoms with Crippen molar-refractivity contribution >= 4 is 15.9 Å². The molecule has 0 bridgehead atoms. The Labute approximate surface area is 166 Å². The second-order valence-electron chi connectivity index (χ2n) is 6.23. The van der Waals surface area contributed by atoms with Gasteiger partial charge in [-0.25, -0.2) is 8.42 Å². The number of nitrogens with one attached hydrogen (secondary N) is 1. The monoisotopic (exact) mass is 418 g/mol. The van der Waals surface area contributed by atoms with Crippen molar-refractivity contribution in [3.63, 3.8) is 0 Å². The van der Waals surface area contributed by atoms with Gasteiger partial charge in [0.1, 0.15) is 5.76 Å². The molecule has 3 heterocycles. The minimum atomic E-state index is -3.58. The van der Waals surface area contributed by atoms with Gasteiger partial charge in [0.05, 0.1) is 30.9 Å². The smallest absolute Gasteiger partial charge is 0.316 e. The second-order valence-corrected chi connectivity index (χ2v) is 8.16. The fraction of sp³-hybridized carbons (Fsp3) is 0.278. The number of rotatable bonds is 6. The average Bonchev–Trinajstić information content (AvgIpc) is 3.45. The Morgan fingerprint density at radius 3 is 2.59 bits per heavy atom. The fourth-order valence-electron chi connectivity index (χ4n) is 2.80. The van der Waals surface area contributed by atoms with Crippen molar-refractivity contribution in [1.29, 1.82) is 0 Å². The summed E-state index contributed by atoms with van der Waals surface area (Å²) in [5.41, 5.74) is 0.528. The molecular weight excluding hydrogens is 400 g/mol.